The average molecular weight is 466 g/mol. The Balaban J connectivity index is 1.20. The van der Waals surface area contributed by atoms with Crippen LogP contribution in [0.3, 0.4) is 0 Å². The summed E-state index contributed by atoms with van der Waals surface area (Å²) in [7, 11) is 0. The van der Waals surface area contributed by atoms with Gasteiger partial charge in [0.25, 0.3) is 5.91 Å². The summed E-state index contributed by atoms with van der Waals surface area (Å²) in [4.78, 5) is 25.2. The standard InChI is InChI=1S/C27H23N5O3/c33-27(30-18-20-4-3-12-28-17-20)21-6-11-25-24(16-21)31-19-32(25)22-7-9-23(10-8-22)34-14-15-35-26-5-1-2-13-29-26/h1-13,16-17,19H,14-15,18H2,(H,30,33). The van der Waals surface area contributed by atoms with E-state index in [1.54, 1.807) is 37.1 Å². The van der Waals surface area contributed by atoms with Crippen LogP contribution in [0.2, 0.25) is 0 Å². The molecule has 3 heterocycles. The molecule has 5 aromatic rings. The van der Waals surface area contributed by atoms with Crippen molar-refractivity contribution in [1.82, 2.24) is 24.8 Å². The Morgan fingerprint density at radius 2 is 1.77 bits per heavy atom. The van der Waals surface area contributed by atoms with Gasteiger partial charge in [-0.05, 0) is 60.2 Å². The van der Waals surface area contributed by atoms with E-state index in [1.807, 2.05) is 65.2 Å². The van der Waals surface area contributed by atoms with E-state index >= 15 is 0 Å². The molecule has 0 aliphatic carbocycles. The van der Waals surface area contributed by atoms with Crippen LogP contribution in [0, 0.1) is 0 Å². The van der Waals surface area contributed by atoms with E-state index in [4.69, 9.17) is 9.47 Å². The van der Waals surface area contributed by atoms with Crippen molar-refractivity contribution in [3.8, 4) is 17.3 Å². The molecule has 0 saturated heterocycles. The number of aromatic nitrogens is 4. The molecule has 174 valence electrons. The summed E-state index contributed by atoms with van der Waals surface area (Å²) in [6.45, 7) is 1.24. The van der Waals surface area contributed by atoms with Gasteiger partial charge in [-0.25, -0.2) is 9.97 Å². The molecule has 0 aliphatic heterocycles. The van der Waals surface area contributed by atoms with Crippen molar-refractivity contribution in [2.24, 2.45) is 0 Å². The SMILES string of the molecule is O=C(NCc1cccnc1)c1ccc2c(c1)ncn2-c1ccc(OCCOc2ccccn2)cc1. The van der Waals surface area contributed by atoms with Crippen LogP contribution in [-0.4, -0.2) is 38.6 Å². The molecule has 0 saturated carbocycles. The molecule has 0 bridgehead atoms. The molecule has 0 radical (unpaired) electrons. The van der Waals surface area contributed by atoms with Gasteiger partial charge in [0.1, 0.15) is 25.3 Å². The Bertz CT molecular complexity index is 1400. The first-order valence-electron chi connectivity index (χ1n) is 11.2. The molecule has 0 aliphatic rings. The Morgan fingerprint density at radius 1 is 0.886 bits per heavy atom. The highest BCUT2D eigenvalue weighted by molar-refractivity contribution is 5.97. The number of fused-ring (bicyclic) bond motifs is 1. The summed E-state index contributed by atoms with van der Waals surface area (Å²) in [6.07, 6.45) is 6.88. The van der Waals surface area contributed by atoms with Crippen LogP contribution >= 0.6 is 0 Å². The van der Waals surface area contributed by atoms with Gasteiger partial charge in [-0.1, -0.05) is 12.1 Å². The number of pyridine rings is 2. The van der Waals surface area contributed by atoms with Gasteiger partial charge in [0, 0.05) is 42.5 Å². The molecule has 0 fully saturated rings. The fourth-order valence-electron chi connectivity index (χ4n) is 3.59. The predicted octanol–water partition coefficient (Wildman–Crippen LogP) is 4.20. The zero-order valence-electron chi connectivity index (χ0n) is 18.9. The van der Waals surface area contributed by atoms with Gasteiger partial charge in [0.15, 0.2) is 0 Å². The van der Waals surface area contributed by atoms with Crippen LogP contribution in [0.15, 0.2) is 97.7 Å². The Kier molecular flexibility index (Phi) is 6.61. The van der Waals surface area contributed by atoms with Crippen molar-refractivity contribution >= 4 is 16.9 Å². The number of nitrogens with zero attached hydrogens (tertiary/aromatic N) is 4. The van der Waals surface area contributed by atoms with E-state index in [9.17, 15) is 4.79 Å². The Morgan fingerprint density at radius 3 is 2.57 bits per heavy atom. The van der Waals surface area contributed by atoms with Crippen LogP contribution in [0.1, 0.15) is 15.9 Å². The highest BCUT2D eigenvalue weighted by Crippen LogP contribution is 2.22. The number of amides is 1. The van der Waals surface area contributed by atoms with Crippen molar-refractivity contribution in [3.05, 3.63) is 109 Å². The first-order chi connectivity index (χ1) is 17.3. The number of hydrogen-bond donors (Lipinski definition) is 1. The molecule has 3 aromatic heterocycles. The number of nitrogens with one attached hydrogen (secondary N) is 1. The molecular formula is C27H23N5O3. The maximum atomic E-state index is 12.6. The first kappa shape index (κ1) is 22.1. The lowest BCUT2D eigenvalue weighted by Crippen LogP contribution is -2.22. The van der Waals surface area contributed by atoms with Gasteiger partial charge in [-0.2, -0.15) is 0 Å². The van der Waals surface area contributed by atoms with Gasteiger partial charge >= 0.3 is 0 Å². The third-order valence-corrected chi connectivity index (χ3v) is 5.34. The van der Waals surface area contributed by atoms with E-state index in [1.165, 1.54) is 0 Å². The number of carbonyl (C=O) groups excluding carboxylic acids is 1. The monoisotopic (exact) mass is 465 g/mol. The van der Waals surface area contributed by atoms with Crippen molar-refractivity contribution < 1.29 is 14.3 Å². The second-order valence-corrected chi connectivity index (χ2v) is 7.72. The highest BCUT2D eigenvalue weighted by Gasteiger charge is 2.10. The molecule has 0 unspecified atom stereocenters. The number of benzene rings is 2. The van der Waals surface area contributed by atoms with Crippen molar-refractivity contribution in [1.29, 1.82) is 0 Å². The van der Waals surface area contributed by atoms with Gasteiger partial charge in [-0.15, -0.1) is 0 Å². The number of carbonyl (C=O) groups is 1. The molecule has 2 aromatic carbocycles. The van der Waals surface area contributed by atoms with Crippen LogP contribution < -0.4 is 14.8 Å². The fraction of sp³-hybridized carbons (Fsp3) is 0.111. The van der Waals surface area contributed by atoms with E-state index in [2.05, 4.69) is 20.3 Å². The summed E-state index contributed by atoms with van der Waals surface area (Å²) in [5.41, 5.74) is 4.10. The predicted molar refractivity (Wildman–Crippen MR) is 132 cm³/mol. The molecule has 1 N–H and O–H groups in total. The van der Waals surface area contributed by atoms with Crippen LogP contribution in [0.5, 0.6) is 11.6 Å². The molecular weight excluding hydrogens is 442 g/mol. The topological polar surface area (TPSA) is 91.2 Å². The maximum Gasteiger partial charge on any atom is 0.251 e. The number of ether oxygens (including phenoxy) is 2. The van der Waals surface area contributed by atoms with Crippen molar-refractivity contribution in [2.75, 3.05) is 13.2 Å². The largest absolute Gasteiger partial charge is 0.490 e. The van der Waals surface area contributed by atoms with Gasteiger partial charge in [-0.3, -0.25) is 14.3 Å². The van der Waals surface area contributed by atoms with Gasteiger partial charge in [0.05, 0.1) is 11.0 Å². The smallest absolute Gasteiger partial charge is 0.251 e. The maximum absolute atomic E-state index is 12.6. The highest BCUT2D eigenvalue weighted by atomic mass is 16.5. The molecule has 8 heteroatoms. The lowest BCUT2D eigenvalue weighted by molar-refractivity contribution is 0.0951. The minimum Gasteiger partial charge on any atom is -0.490 e. The number of rotatable bonds is 9. The summed E-state index contributed by atoms with van der Waals surface area (Å²) in [6, 6.07) is 22.5. The molecule has 0 atom stereocenters. The van der Waals surface area contributed by atoms with Crippen molar-refractivity contribution in [2.45, 2.75) is 6.54 Å². The third-order valence-electron chi connectivity index (χ3n) is 5.34. The quantitative estimate of drug-likeness (QED) is 0.328. The zero-order chi connectivity index (χ0) is 23.9. The normalized spacial score (nSPS) is 10.7. The van der Waals surface area contributed by atoms with E-state index < -0.39 is 0 Å². The first-order valence-corrected chi connectivity index (χ1v) is 11.2. The molecule has 5 rings (SSSR count). The fourth-order valence-corrected chi connectivity index (χ4v) is 3.59. The summed E-state index contributed by atoms with van der Waals surface area (Å²) in [5, 5.41) is 2.92. The Labute approximate surface area is 202 Å². The molecule has 1 amide bonds. The summed E-state index contributed by atoms with van der Waals surface area (Å²) in [5.74, 6) is 1.17. The van der Waals surface area contributed by atoms with Crippen LogP contribution in [0.4, 0.5) is 0 Å². The molecule has 0 spiro atoms. The minimum atomic E-state index is -0.154. The number of imidazole rings is 1. The van der Waals surface area contributed by atoms with E-state index in [0.29, 0.717) is 31.2 Å². The van der Waals surface area contributed by atoms with Crippen molar-refractivity contribution in [3.63, 3.8) is 0 Å². The summed E-state index contributed by atoms with van der Waals surface area (Å²) >= 11 is 0. The summed E-state index contributed by atoms with van der Waals surface area (Å²) < 4.78 is 13.3. The van der Waals surface area contributed by atoms with Gasteiger partial charge in [0.2, 0.25) is 5.88 Å². The second-order valence-electron chi connectivity index (χ2n) is 7.72. The second kappa shape index (κ2) is 10.5. The van der Waals surface area contributed by atoms with E-state index in [-0.39, 0.29) is 5.91 Å². The van der Waals surface area contributed by atoms with Gasteiger partial charge < -0.3 is 14.8 Å². The lowest BCUT2D eigenvalue weighted by Gasteiger charge is -2.09. The molecule has 8 nitrogen and oxygen atoms in total. The number of hydrogen-bond acceptors (Lipinski definition) is 6. The molecule has 35 heavy (non-hydrogen) atoms. The lowest BCUT2D eigenvalue weighted by atomic mass is 10.1. The Hall–Kier alpha value is -4.72. The minimum absolute atomic E-state index is 0.154. The van der Waals surface area contributed by atoms with Crippen LogP contribution in [0.25, 0.3) is 16.7 Å². The average Bonchev–Trinajstić information content (AvgIpc) is 3.35. The van der Waals surface area contributed by atoms with Crippen LogP contribution in [-0.2, 0) is 6.54 Å². The third kappa shape index (κ3) is 5.44. The van der Waals surface area contributed by atoms with E-state index in [0.717, 1.165) is 28.0 Å². The zero-order valence-corrected chi connectivity index (χ0v) is 18.9.